The maximum Gasteiger partial charge on any atom is 0.337 e. The highest BCUT2D eigenvalue weighted by atomic mass is 79.9. The van der Waals surface area contributed by atoms with E-state index in [4.69, 9.17) is 21.8 Å². The summed E-state index contributed by atoms with van der Waals surface area (Å²) < 4.78 is 26.7. The molecule has 0 bridgehead atoms. The van der Waals surface area contributed by atoms with Gasteiger partial charge in [0.1, 0.15) is 0 Å². The second-order valence-corrected chi connectivity index (χ2v) is 6.93. The number of benzene rings is 1. The number of hydrogen-bond acceptors (Lipinski definition) is 4. The number of aliphatic hydroxyl groups excluding tert-OH is 1. The summed E-state index contributed by atoms with van der Waals surface area (Å²) in [7, 11) is -3.94. The molecule has 1 unspecified atom stereocenters. The summed E-state index contributed by atoms with van der Waals surface area (Å²) in [6, 6.07) is 1.55. The zero-order chi connectivity index (χ0) is 15.5. The van der Waals surface area contributed by atoms with Crippen LogP contribution in [0, 0.1) is 0 Å². The maximum atomic E-state index is 12.1. The molecule has 0 fully saturated rings. The number of sulfonamides is 1. The van der Waals surface area contributed by atoms with E-state index >= 15 is 0 Å². The number of hydrogen-bond donors (Lipinski definition) is 3. The van der Waals surface area contributed by atoms with Gasteiger partial charge >= 0.3 is 5.97 Å². The van der Waals surface area contributed by atoms with E-state index in [2.05, 4.69) is 20.7 Å². The van der Waals surface area contributed by atoms with E-state index in [0.717, 1.165) is 6.07 Å². The number of carboxylic acids is 1. The lowest BCUT2D eigenvalue weighted by Gasteiger charge is -2.15. The quantitative estimate of drug-likeness (QED) is 0.692. The van der Waals surface area contributed by atoms with Crippen molar-refractivity contribution in [2.75, 3.05) is 6.61 Å². The highest BCUT2D eigenvalue weighted by Gasteiger charge is 2.23. The topological polar surface area (TPSA) is 104 Å². The predicted octanol–water partition coefficient (Wildman–Crippen LogP) is 1.85. The van der Waals surface area contributed by atoms with E-state index in [1.54, 1.807) is 6.92 Å². The number of aromatic carboxylic acids is 1. The van der Waals surface area contributed by atoms with Crippen molar-refractivity contribution in [1.29, 1.82) is 0 Å². The molecule has 0 heterocycles. The van der Waals surface area contributed by atoms with Gasteiger partial charge in [-0.15, -0.1) is 0 Å². The lowest BCUT2D eigenvalue weighted by molar-refractivity contribution is 0.0696. The second kappa shape index (κ2) is 6.86. The Hall–Kier alpha value is -0.670. The minimum Gasteiger partial charge on any atom is -0.478 e. The van der Waals surface area contributed by atoms with Gasteiger partial charge in [0.25, 0.3) is 0 Å². The van der Waals surface area contributed by atoms with Gasteiger partial charge in [-0.05, 0) is 34.5 Å². The van der Waals surface area contributed by atoms with E-state index in [0.29, 0.717) is 6.42 Å². The normalized spacial score (nSPS) is 13.2. The molecule has 1 rings (SSSR count). The number of carbonyl (C=O) groups is 1. The van der Waals surface area contributed by atoms with Crippen LogP contribution in [0.3, 0.4) is 0 Å². The Kier molecular flexibility index (Phi) is 5.96. The Morgan fingerprint density at radius 2 is 2.10 bits per heavy atom. The van der Waals surface area contributed by atoms with Gasteiger partial charge < -0.3 is 10.2 Å². The van der Waals surface area contributed by atoms with E-state index in [9.17, 15) is 13.2 Å². The third-order valence-electron chi connectivity index (χ3n) is 2.58. The Labute approximate surface area is 129 Å². The Morgan fingerprint density at radius 3 is 2.55 bits per heavy atom. The molecule has 1 atom stereocenters. The number of aliphatic hydroxyl groups is 1. The summed E-state index contributed by atoms with van der Waals surface area (Å²) in [6.45, 7) is 1.36. The molecule has 0 aliphatic rings. The molecule has 6 nitrogen and oxygen atoms in total. The standard InChI is InChI=1S/C11H13BrClNO5S/c1-2-6(5-15)14-20(18,19)7-3-8(11(16)17)10(13)9(12)4-7/h3-4,6,14-15H,2,5H2,1H3,(H,16,17). The molecule has 0 amide bonds. The first-order valence-corrected chi connectivity index (χ1v) is 8.23. The van der Waals surface area contributed by atoms with E-state index in [-0.39, 0.29) is 26.6 Å². The van der Waals surface area contributed by atoms with Gasteiger partial charge in [-0.25, -0.2) is 17.9 Å². The predicted molar refractivity (Wildman–Crippen MR) is 77.6 cm³/mol. The average molecular weight is 387 g/mol. The molecule has 112 valence electrons. The van der Waals surface area contributed by atoms with Crippen LogP contribution < -0.4 is 4.72 Å². The monoisotopic (exact) mass is 385 g/mol. The van der Waals surface area contributed by atoms with E-state index < -0.39 is 22.0 Å². The van der Waals surface area contributed by atoms with Crippen molar-refractivity contribution in [3.8, 4) is 0 Å². The van der Waals surface area contributed by atoms with Gasteiger partial charge in [-0.1, -0.05) is 18.5 Å². The van der Waals surface area contributed by atoms with Gasteiger partial charge in [-0.2, -0.15) is 0 Å². The molecule has 0 saturated carbocycles. The number of nitrogens with one attached hydrogen (secondary N) is 1. The molecular weight excluding hydrogens is 374 g/mol. The molecule has 3 N–H and O–H groups in total. The third-order valence-corrected chi connectivity index (χ3v) is 5.34. The smallest absolute Gasteiger partial charge is 0.337 e. The summed E-state index contributed by atoms with van der Waals surface area (Å²) in [6.07, 6.45) is 0.399. The first-order chi connectivity index (χ1) is 9.22. The summed E-state index contributed by atoms with van der Waals surface area (Å²) in [5.41, 5.74) is -0.321. The number of halogens is 2. The molecule has 1 aromatic carbocycles. The zero-order valence-corrected chi connectivity index (χ0v) is 13.6. The fourth-order valence-electron chi connectivity index (χ4n) is 1.41. The maximum absolute atomic E-state index is 12.1. The van der Waals surface area contributed by atoms with Crippen molar-refractivity contribution in [1.82, 2.24) is 4.72 Å². The zero-order valence-electron chi connectivity index (χ0n) is 10.4. The van der Waals surface area contributed by atoms with Gasteiger partial charge in [0, 0.05) is 10.5 Å². The highest BCUT2D eigenvalue weighted by molar-refractivity contribution is 9.10. The van der Waals surface area contributed by atoms with Crippen molar-refractivity contribution in [2.24, 2.45) is 0 Å². The Balaban J connectivity index is 3.29. The van der Waals surface area contributed by atoms with Crippen LogP contribution in [0.4, 0.5) is 0 Å². The molecule has 9 heteroatoms. The van der Waals surface area contributed by atoms with Crippen LogP contribution in [-0.2, 0) is 10.0 Å². The summed E-state index contributed by atoms with van der Waals surface area (Å²) in [4.78, 5) is 10.8. The van der Waals surface area contributed by atoms with Gasteiger partial charge in [0.05, 0.1) is 22.1 Å². The second-order valence-electron chi connectivity index (χ2n) is 3.98. The average Bonchev–Trinajstić information content (AvgIpc) is 2.38. The highest BCUT2D eigenvalue weighted by Crippen LogP contribution is 2.30. The van der Waals surface area contributed by atoms with Crippen LogP contribution in [0.25, 0.3) is 0 Å². The molecule has 0 aliphatic carbocycles. The lowest BCUT2D eigenvalue weighted by atomic mass is 10.2. The van der Waals surface area contributed by atoms with Gasteiger partial charge in [0.2, 0.25) is 10.0 Å². The summed E-state index contributed by atoms with van der Waals surface area (Å²) >= 11 is 8.81. The Bertz CT molecular complexity index is 615. The molecule has 20 heavy (non-hydrogen) atoms. The molecule has 1 aromatic rings. The molecular formula is C11H13BrClNO5S. The Morgan fingerprint density at radius 1 is 1.50 bits per heavy atom. The van der Waals surface area contributed by atoms with Crippen molar-refractivity contribution < 1.29 is 23.4 Å². The van der Waals surface area contributed by atoms with Gasteiger partial charge in [-0.3, -0.25) is 0 Å². The first kappa shape index (κ1) is 17.4. The van der Waals surface area contributed by atoms with Crippen molar-refractivity contribution in [2.45, 2.75) is 24.3 Å². The van der Waals surface area contributed by atoms with Crippen molar-refractivity contribution >= 4 is 43.5 Å². The summed E-state index contributed by atoms with van der Waals surface area (Å²) in [5, 5.41) is 17.9. The molecule has 0 radical (unpaired) electrons. The molecule has 0 spiro atoms. The van der Waals surface area contributed by atoms with Crippen LogP contribution >= 0.6 is 27.5 Å². The van der Waals surface area contributed by atoms with Crippen LogP contribution in [0.5, 0.6) is 0 Å². The fraction of sp³-hybridized carbons (Fsp3) is 0.364. The minimum atomic E-state index is -3.94. The van der Waals surface area contributed by atoms with Crippen LogP contribution in [0.2, 0.25) is 5.02 Å². The van der Waals surface area contributed by atoms with E-state index in [1.165, 1.54) is 6.07 Å². The van der Waals surface area contributed by atoms with Crippen molar-refractivity contribution in [3.05, 3.63) is 27.2 Å². The summed E-state index contributed by atoms with van der Waals surface area (Å²) in [5.74, 6) is -1.33. The van der Waals surface area contributed by atoms with Crippen LogP contribution in [0.1, 0.15) is 23.7 Å². The largest absolute Gasteiger partial charge is 0.478 e. The molecule has 0 aliphatic heterocycles. The van der Waals surface area contributed by atoms with Gasteiger partial charge in [0.15, 0.2) is 0 Å². The fourth-order valence-corrected chi connectivity index (χ4v) is 3.58. The van der Waals surface area contributed by atoms with Crippen LogP contribution in [-0.4, -0.2) is 37.2 Å². The van der Waals surface area contributed by atoms with Crippen LogP contribution in [0.15, 0.2) is 21.5 Å². The molecule has 0 aromatic heterocycles. The van der Waals surface area contributed by atoms with Crippen molar-refractivity contribution in [3.63, 3.8) is 0 Å². The SMILES string of the molecule is CCC(CO)NS(=O)(=O)c1cc(Br)c(Cl)c(C(=O)O)c1. The first-order valence-electron chi connectivity index (χ1n) is 5.58. The lowest BCUT2D eigenvalue weighted by Crippen LogP contribution is -2.37. The third kappa shape index (κ3) is 3.92. The minimum absolute atomic E-state index is 0.0781. The number of carboxylic acid groups (broad SMARTS) is 1. The van der Waals surface area contributed by atoms with E-state index in [1.807, 2.05) is 0 Å². The molecule has 0 saturated heterocycles. The number of rotatable bonds is 6.